The van der Waals surface area contributed by atoms with Crippen LogP contribution >= 0.6 is 11.8 Å². The van der Waals surface area contributed by atoms with E-state index in [0.717, 1.165) is 39.7 Å². The van der Waals surface area contributed by atoms with Crippen LogP contribution in [0.25, 0.3) is 16.5 Å². The molecule has 190 valence electrons. The molecule has 3 aromatic rings. The van der Waals surface area contributed by atoms with E-state index in [2.05, 4.69) is 15.3 Å². The van der Waals surface area contributed by atoms with Crippen molar-refractivity contribution in [2.75, 3.05) is 0 Å². The lowest BCUT2D eigenvalue weighted by atomic mass is 9.98. The maximum atomic E-state index is 13.9. The van der Waals surface area contributed by atoms with E-state index in [4.69, 9.17) is 10.8 Å². The number of aliphatic imine (C=N–C) groups is 2. The first-order valence-electron chi connectivity index (χ1n) is 12.0. The largest absolute Gasteiger partial charge is 0.386 e. The van der Waals surface area contributed by atoms with Crippen molar-refractivity contribution in [3.05, 3.63) is 86.7 Å². The molecule has 0 spiro atoms. The van der Waals surface area contributed by atoms with Gasteiger partial charge >= 0.3 is 0 Å². The normalized spacial score (nSPS) is 21.6. The highest BCUT2D eigenvalue weighted by Crippen LogP contribution is 2.32. The third-order valence-corrected chi connectivity index (χ3v) is 7.65. The van der Waals surface area contributed by atoms with Crippen molar-refractivity contribution in [3.63, 3.8) is 0 Å². The van der Waals surface area contributed by atoms with Crippen LogP contribution in [0.3, 0.4) is 0 Å². The average molecular weight is 526 g/mol. The molecule has 0 saturated carbocycles. The van der Waals surface area contributed by atoms with E-state index in [1.54, 1.807) is 15.7 Å². The summed E-state index contributed by atoms with van der Waals surface area (Å²) in [6.45, 7) is 4.14. The Kier molecular flexibility index (Phi) is 5.72. The Labute approximate surface area is 221 Å². The lowest BCUT2D eigenvalue weighted by Crippen LogP contribution is -2.42. The van der Waals surface area contributed by atoms with E-state index in [9.17, 15) is 14.4 Å². The summed E-state index contributed by atoms with van der Waals surface area (Å²) >= 11 is 0.810. The maximum Gasteiger partial charge on any atom is 0.290 e. The molecule has 3 aliphatic heterocycles. The molecule has 2 atom stereocenters. The molecule has 6 rings (SSSR count). The van der Waals surface area contributed by atoms with Crippen LogP contribution in [0.5, 0.6) is 0 Å². The predicted octanol–water partition coefficient (Wildman–Crippen LogP) is 2.99. The van der Waals surface area contributed by atoms with Crippen molar-refractivity contribution in [1.82, 2.24) is 14.9 Å². The number of hydrogen-bond acceptors (Lipinski definition) is 9. The summed E-state index contributed by atoms with van der Waals surface area (Å²) in [5.41, 5.74) is 9.97. The van der Waals surface area contributed by atoms with Crippen molar-refractivity contribution in [3.8, 4) is 5.69 Å². The quantitative estimate of drug-likeness (QED) is 0.503. The van der Waals surface area contributed by atoms with Gasteiger partial charge < -0.3 is 5.73 Å². The van der Waals surface area contributed by atoms with Gasteiger partial charge in [-0.1, -0.05) is 36.4 Å². The second-order valence-electron chi connectivity index (χ2n) is 9.29. The number of amidine groups is 1. The van der Waals surface area contributed by atoms with Crippen LogP contribution in [0.2, 0.25) is 0 Å². The molecule has 3 aliphatic rings. The van der Waals surface area contributed by atoms with Gasteiger partial charge in [-0.25, -0.2) is 9.98 Å². The van der Waals surface area contributed by atoms with Gasteiger partial charge in [0.2, 0.25) is 0 Å². The van der Waals surface area contributed by atoms with Crippen LogP contribution in [0.1, 0.15) is 16.8 Å². The van der Waals surface area contributed by atoms with Crippen molar-refractivity contribution in [1.29, 1.82) is 0 Å². The minimum absolute atomic E-state index is 0.113. The summed E-state index contributed by atoms with van der Waals surface area (Å²) < 4.78 is 1.73. The predicted molar refractivity (Wildman–Crippen MR) is 149 cm³/mol. The molecule has 38 heavy (non-hydrogen) atoms. The molecule has 2 aromatic carbocycles. The van der Waals surface area contributed by atoms with Gasteiger partial charge in [0.1, 0.15) is 18.1 Å². The highest BCUT2D eigenvalue weighted by molar-refractivity contribution is 8.18. The molecule has 0 aliphatic carbocycles. The van der Waals surface area contributed by atoms with Gasteiger partial charge in [-0.3, -0.25) is 29.3 Å². The molecule has 0 radical (unpaired) electrons. The van der Waals surface area contributed by atoms with E-state index in [-0.39, 0.29) is 17.0 Å². The number of carbonyl (C=O) groups is 2. The number of hydrogen-bond donors (Lipinski definition) is 2. The third-order valence-electron chi connectivity index (χ3n) is 6.84. The number of nitrogens with two attached hydrogens (primary N) is 1. The average Bonchev–Trinajstić information content (AvgIpc) is 3.39. The monoisotopic (exact) mass is 525 g/mol. The molecule has 11 heteroatoms. The molecule has 1 aromatic heterocycles. The molecule has 10 nitrogen and oxygen atoms in total. The highest BCUT2D eigenvalue weighted by atomic mass is 32.2. The van der Waals surface area contributed by atoms with Crippen LogP contribution < -0.4 is 16.6 Å². The zero-order valence-electron chi connectivity index (χ0n) is 20.6. The summed E-state index contributed by atoms with van der Waals surface area (Å²) in [6.07, 6.45) is 2.44. The molecule has 2 amide bonds. The molecule has 1 fully saturated rings. The van der Waals surface area contributed by atoms with Crippen molar-refractivity contribution in [2.24, 2.45) is 26.7 Å². The van der Waals surface area contributed by atoms with E-state index < -0.39 is 23.2 Å². The lowest BCUT2D eigenvalue weighted by Gasteiger charge is -2.27. The number of para-hydroxylation sites is 1. The Morgan fingerprint density at radius 3 is 2.63 bits per heavy atom. The van der Waals surface area contributed by atoms with Gasteiger partial charge in [-0.15, -0.1) is 0 Å². The standard InChI is InChI=1S/C27H23N7O3S/c1-14-6-3-4-9-19(14)34-17(10-16-8-5-7-15(2)21(16)26(34)36)12-33-24-22(23(28)29-13-30-24)18(32-33)11-20-25(35)31-27(37)38-20/h3-11,13,22,24H,12H2,1-2H3,(H2,28,29,30)(H,31,35,37)/b20-11+. The van der Waals surface area contributed by atoms with Gasteiger partial charge in [-0.2, -0.15) is 5.10 Å². The number of imide groups is 1. The van der Waals surface area contributed by atoms with Crippen LogP contribution in [-0.4, -0.2) is 44.8 Å². The number of pyridine rings is 1. The van der Waals surface area contributed by atoms with Gasteiger partial charge in [-0.05, 0) is 60.3 Å². The smallest absolute Gasteiger partial charge is 0.290 e. The summed E-state index contributed by atoms with van der Waals surface area (Å²) in [5.74, 6) is -0.674. The number of hydrazone groups is 1. The molecular weight excluding hydrogens is 502 g/mol. The van der Waals surface area contributed by atoms with Crippen LogP contribution in [0, 0.1) is 19.8 Å². The highest BCUT2D eigenvalue weighted by Gasteiger charge is 2.41. The Hall–Kier alpha value is -4.51. The van der Waals surface area contributed by atoms with Gasteiger partial charge in [0, 0.05) is 5.69 Å². The molecule has 2 unspecified atom stereocenters. The second-order valence-corrected chi connectivity index (χ2v) is 10.3. The molecular formula is C27H23N7O3S. The Morgan fingerprint density at radius 2 is 1.87 bits per heavy atom. The number of nitrogens with zero attached hydrogens (tertiary/aromatic N) is 5. The minimum Gasteiger partial charge on any atom is -0.386 e. The second kappa shape index (κ2) is 9.10. The zero-order valence-corrected chi connectivity index (χ0v) is 21.4. The van der Waals surface area contributed by atoms with Crippen LogP contribution in [0.15, 0.2) is 79.4 Å². The number of fused-ring (bicyclic) bond motifs is 2. The number of rotatable bonds is 4. The van der Waals surface area contributed by atoms with E-state index in [1.165, 1.54) is 6.34 Å². The number of thioether (sulfide) groups is 1. The first kappa shape index (κ1) is 23.9. The third kappa shape index (κ3) is 3.91. The summed E-state index contributed by atoms with van der Waals surface area (Å²) in [6, 6.07) is 15.5. The van der Waals surface area contributed by atoms with Gasteiger partial charge in [0.05, 0.1) is 28.2 Å². The molecule has 1 saturated heterocycles. The number of nitrogens with one attached hydrogen (secondary N) is 1. The maximum absolute atomic E-state index is 13.9. The zero-order chi connectivity index (χ0) is 26.6. The summed E-state index contributed by atoms with van der Waals surface area (Å²) in [7, 11) is 0. The van der Waals surface area contributed by atoms with Crippen LogP contribution in [0.4, 0.5) is 4.79 Å². The number of carbonyl (C=O) groups excluding carboxylic acids is 2. The topological polar surface area (TPSA) is 135 Å². The van der Waals surface area contributed by atoms with E-state index >= 15 is 0 Å². The lowest BCUT2D eigenvalue weighted by molar-refractivity contribution is -0.115. The number of amides is 2. The fourth-order valence-corrected chi connectivity index (χ4v) is 5.73. The summed E-state index contributed by atoms with van der Waals surface area (Å²) in [5, 5.41) is 9.82. The first-order chi connectivity index (χ1) is 18.3. The Morgan fingerprint density at radius 1 is 1.08 bits per heavy atom. The molecule has 4 heterocycles. The Balaban J connectivity index is 1.50. The SMILES string of the molecule is Cc1ccccc1-n1c(CN2N=C(/C=C3/SC(=O)NC3=O)C3C(N)=NC=NC32)cc2cccc(C)c2c1=O. The van der Waals surface area contributed by atoms with Gasteiger partial charge in [0.25, 0.3) is 16.7 Å². The minimum atomic E-state index is -0.516. The number of aryl methyl sites for hydroxylation is 2. The number of allylic oxidation sites excluding steroid dienone is 1. The summed E-state index contributed by atoms with van der Waals surface area (Å²) in [4.78, 5) is 46.7. The van der Waals surface area contributed by atoms with Gasteiger partial charge in [0.15, 0.2) is 6.17 Å². The fourth-order valence-electron chi connectivity index (χ4n) is 5.06. The number of benzene rings is 2. The molecule has 0 bridgehead atoms. The van der Waals surface area contributed by atoms with Crippen molar-refractivity contribution in [2.45, 2.75) is 26.6 Å². The van der Waals surface area contributed by atoms with Crippen LogP contribution in [-0.2, 0) is 11.3 Å². The molecule has 3 N–H and O–H groups in total. The van der Waals surface area contributed by atoms with E-state index in [1.807, 2.05) is 62.4 Å². The van der Waals surface area contributed by atoms with Crippen molar-refractivity contribution >= 4 is 51.6 Å². The number of aromatic nitrogens is 1. The van der Waals surface area contributed by atoms with Crippen molar-refractivity contribution < 1.29 is 9.59 Å². The van der Waals surface area contributed by atoms with E-state index in [0.29, 0.717) is 16.9 Å². The fraction of sp³-hybridized carbons (Fsp3) is 0.185. The first-order valence-corrected chi connectivity index (χ1v) is 12.8. The Bertz CT molecular complexity index is 1720.